The second kappa shape index (κ2) is 18.9. The number of para-hydroxylation sites is 5. The summed E-state index contributed by atoms with van der Waals surface area (Å²) in [5.41, 5.74) is 20.1. The normalized spacial score (nSPS) is 11.7. The van der Waals surface area contributed by atoms with Crippen molar-refractivity contribution in [1.29, 1.82) is 0 Å². The lowest BCUT2D eigenvalue weighted by Gasteiger charge is -2.17. The molecule has 0 atom stereocenters. The molecule has 6 heteroatoms. The fourth-order valence-corrected chi connectivity index (χ4v) is 12.3. The molecule has 0 bridgehead atoms. The van der Waals surface area contributed by atoms with Gasteiger partial charge in [-0.15, -0.1) is 0 Å². The summed E-state index contributed by atoms with van der Waals surface area (Å²) in [5, 5.41) is 7.37. The number of fused-ring (bicyclic) bond motifs is 9. The van der Waals surface area contributed by atoms with Crippen LogP contribution in [0.5, 0.6) is 0 Å². The Labute approximate surface area is 467 Å². The Balaban J connectivity index is 0.788. The van der Waals surface area contributed by atoms with Crippen molar-refractivity contribution in [3.05, 3.63) is 291 Å². The lowest BCUT2D eigenvalue weighted by molar-refractivity contribution is 1.07. The second-order valence-corrected chi connectivity index (χ2v) is 20.8. The lowest BCUT2D eigenvalue weighted by Crippen LogP contribution is -2.00. The highest BCUT2D eigenvalue weighted by Gasteiger charge is 2.20. The molecule has 16 aromatic rings. The Morgan fingerprint density at radius 3 is 1.00 bits per heavy atom. The fraction of sp³-hybridized carbons (Fsp3) is 0. The molecule has 0 unspecified atom stereocenters. The third-order valence-electron chi connectivity index (χ3n) is 16.1. The second-order valence-electron chi connectivity index (χ2n) is 20.8. The van der Waals surface area contributed by atoms with Crippen LogP contribution in [-0.2, 0) is 0 Å². The van der Waals surface area contributed by atoms with Gasteiger partial charge in [-0.05, 0) is 107 Å². The van der Waals surface area contributed by atoms with E-state index in [2.05, 4.69) is 244 Å². The number of benzene rings is 12. The molecular formula is C75H48N6. The van der Waals surface area contributed by atoms with Crippen LogP contribution in [0.3, 0.4) is 0 Å². The zero-order valence-corrected chi connectivity index (χ0v) is 43.9. The van der Waals surface area contributed by atoms with Crippen LogP contribution in [0.1, 0.15) is 0 Å². The van der Waals surface area contributed by atoms with Gasteiger partial charge in [0.25, 0.3) is 0 Å². The SMILES string of the molecule is c1ccc(-c2nc(-c3ccccc3)nc(-c3ccc(-c4ccc(-c5ccc(-n6c7ccccc7c7cc(-c8ccc9c(c8)c8ccccc8n9-c8ccccc8)ccc76)cc5)c(-n5c6ccccc6c6ccccc65)c4)cc3)n2)cc1. The summed E-state index contributed by atoms with van der Waals surface area (Å²) in [5.74, 6) is 1.91. The van der Waals surface area contributed by atoms with Gasteiger partial charge in [-0.3, -0.25) is 0 Å². The molecule has 0 spiro atoms. The largest absolute Gasteiger partial charge is 0.309 e. The van der Waals surface area contributed by atoms with Crippen molar-refractivity contribution in [1.82, 2.24) is 28.7 Å². The van der Waals surface area contributed by atoms with E-state index in [1.165, 1.54) is 65.5 Å². The topological polar surface area (TPSA) is 53.5 Å². The average molecular weight is 1030 g/mol. The van der Waals surface area contributed by atoms with E-state index < -0.39 is 0 Å². The number of rotatable bonds is 9. The zero-order valence-electron chi connectivity index (χ0n) is 43.9. The molecule has 0 saturated carbocycles. The van der Waals surface area contributed by atoms with Gasteiger partial charge in [0.15, 0.2) is 17.5 Å². The molecule has 12 aromatic carbocycles. The van der Waals surface area contributed by atoms with Crippen LogP contribution in [0.2, 0.25) is 0 Å². The van der Waals surface area contributed by atoms with E-state index in [0.29, 0.717) is 17.5 Å². The number of hydrogen-bond donors (Lipinski definition) is 0. The molecule has 0 fully saturated rings. The quantitative estimate of drug-likeness (QED) is 0.145. The molecule has 4 heterocycles. The Bertz CT molecular complexity index is 4960. The molecular weight excluding hydrogens is 985 g/mol. The van der Waals surface area contributed by atoms with E-state index in [-0.39, 0.29) is 0 Å². The summed E-state index contributed by atoms with van der Waals surface area (Å²) in [4.78, 5) is 15.0. The average Bonchev–Trinajstić information content (AvgIpc) is 4.38. The van der Waals surface area contributed by atoms with Gasteiger partial charge in [0.2, 0.25) is 0 Å². The number of hydrogen-bond acceptors (Lipinski definition) is 3. The summed E-state index contributed by atoms with van der Waals surface area (Å²) in [6, 6.07) is 104. The number of aromatic nitrogens is 6. The van der Waals surface area contributed by atoms with E-state index in [9.17, 15) is 0 Å². The molecule has 0 aliphatic rings. The van der Waals surface area contributed by atoms with Crippen LogP contribution in [0.15, 0.2) is 291 Å². The minimum absolute atomic E-state index is 0.627. The predicted octanol–water partition coefficient (Wildman–Crippen LogP) is 19.2. The van der Waals surface area contributed by atoms with Crippen LogP contribution in [0, 0.1) is 0 Å². The van der Waals surface area contributed by atoms with Crippen LogP contribution in [0.25, 0.3) is 150 Å². The molecule has 81 heavy (non-hydrogen) atoms. The molecule has 16 rings (SSSR count). The van der Waals surface area contributed by atoms with E-state index in [1.54, 1.807) is 0 Å². The molecule has 0 aliphatic carbocycles. The summed E-state index contributed by atoms with van der Waals surface area (Å²) in [7, 11) is 0. The Hall–Kier alpha value is -11.0. The van der Waals surface area contributed by atoms with Crippen molar-refractivity contribution >= 4 is 65.4 Å². The van der Waals surface area contributed by atoms with E-state index in [4.69, 9.17) is 15.0 Å². The summed E-state index contributed by atoms with van der Waals surface area (Å²) in [6.07, 6.45) is 0. The molecule has 4 aromatic heterocycles. The van der Waals surface area contributed by atoms with Crippen LogP contribution in [-0.4, -0.2) is 28.7 Å². The van der Waals surface area contributed by atoms with Gasteiger partial charge in [-0.1, -0.05) is 212 Å². The van der Waals surface area contributed by atoms with Crippen LogP contribution < -0.4 is 0 Å². The van der Waals surface area contributed by atoms with Gasteiger partial charge in [0, 0.05) is 65.9 Å². The minimum atomic E-state index is 0.627. The molecule has 0 aliphatic heterocycles. The van der Waals surface area contributed by atoms with Gasteiger partial charge in [-0.25, -0.2) is 15.0 Å². The van der Waals surface area contributed by atoms with E-state index in [0.717, 1.165) is 67.0 Å². The van der Waals surface area contributed by atoms with Crippen molar-refractivity contribution in [2.45, 2.75) is 0 Å². The standard InChI is InChI=1S/C75H48N6/c1-4-18-51(19-5-1)73-76-74(52-20-6-2-7-21-52)78-75(77-73)53-34-32-49(33-35-53)56-38-43-59(72(48-56)81-68-30-16-10-24-60(68)61-25-11-17-31-69(61)81)50-36-41-58(42-37-50)80-67-29-15-13-27-63(67)65-47-55(40-45-71(65)80)54-39-44-70-64(46-54)62-26-12-14-28-66(62)79(70)57-22-8-3-9-23-57/h1-48H. The van der Waals surface area contributed by atoms with E-state index in [1.807, 2.05) is 60.7 Å². The summed E-state index contributed by atoms with van der Waals surface area (Å²) in [6.45, 7) is 0. The van der Waals surface area contributed by atoms with Crippen molar-refractivity contribution < 1.29 is 0 Å². The maximum atomic E-state index is 5.02. The van der Waals surface area contributed by atoms with Gasteiger partial charge >= 0.3 is 0 Å². The monoisotopic (exact) mass is 1030 g/mol. The van der Waals surface area contributed by atoms with Crippen molar-refractivity contribution in [2.75, 3.05) is 0 Å². The third kappa shape index (κ3) is 7.76. The third-order valence-corrected chi connectivity index (χ3v) is 16.1. The van der Waals surface area contributed by atoms with Gasteiger partial charge in [-0.2, -0.15) is 0 Å². The molecule has 0 N–H and O–H groups in total. The molecule has 0 radical (unpaired) electrons. The summed E-state index contributed by atoms with van der Waals surface area (Å²) >= 11 is 0. The highest BCUT2D eigenvalue weighted by Crippen LogP contribution is 2.42. The zero-order chi connectivity index (χ0) is 53.4. The summed E-state index contributed by atoms with van der Waals surface area (Å²) < 4.78 is 7.23. The first kappa shape index (κ1) is 46.2. The molecule has 6 nitrogen and oxygen atoms in total. The van der Waals surface area contributed by atoms with Crippen LogP contribution in [0.4, 0.5) is 0 Å². The molecule has 378 valence electrons. The minimum Gasteiger partial charge on any atom is -0.309 e. The first-order chi connectivity index (χ1) is 40.2. The fourth-order valence-electron chi connectivity index (χ4n) is 12.3. The lowest BCUT2D eigenvalue weighted by atomic mass is 9.97. The van der Waals surface area contributed by atoms with Gasteiger partial charge in [0.1, 0.15) is 0 Å². The Kier molecular flexibility index (Phi) is 10.8. The molecule has 0 saturated heterocycles. The number of nitrogens with zero attached hydrogens (tertiary/aromatic N) is 6. The van der Waals surface area contributed by atoms with E-state index >= 15 is 0 Å². The van der Waals surface area contributed by atoms with Crippen molar-refractivity contribution in [3.63, 3.8) is 0 Å². The smallest absolute Gasteiger partial charge is 0.164 e. The highest BCUT2D eigenvalue weighted by molar-refractivity contribution is 6.13. The first-order valence-corrected chi connectivity index (χ1v) is 27.5. The van der Waals surface area contributed by atoms with Crippen molar-refractivity contribution in [2.24, 2.45) is 0 Å². The maximum Gasteiger partial charge on any atom is 0.164 e. The first-order valence-electron chi connectivity index (χ1n) is 27.5. The Morgan fingerprint density at radius 1 is 0.198 bits per heavy atom. The molecule has 0 amide bonds. The predicted molar refractivity (Wildman–Crippen MR) is 335 cm³/mol. The van der Waals surface area contributed by atoms with Gasteiger partial charge in [0.05, 0.1) is 38.8 Å². The van der Waals surface area contributed by atoms with Crippen molar-refractivity contribution in [3.8, 4) is 84.6 Å². The highest BCUT2D eigenvalue weighted by atomic mass is 15.0. The van der Waals surface area contributed by atoms with Crippen LogP contribution >= 0.6 is 0 Å². The Morgan fingerprint density at radius 2 is 0.519 bits per heavy atom. The van der Waals surface area contributed by atoms with Gasteiger partial charge < -0.3 is 13.7 Å². The maximum absolute atomic E-state index is 5.02.